The summed E-state index contributed by atoms with van der Waals surface area (Å²) in [6.45, 7) is 2.82. The monoisotopic (exact) mass is 542 g/mol. The topological polar surface area (TPSA) is 84.0 Å². The van der Waals surface area contributed by atoms with Gasteiger partial charge >= 0.3 is 6.09 Å². The van der Waals surface area contributed by atoms with E-state index in [4.69, 9.17) is 9.47 Å². The van der Waals surface area contributed by atoms with Crippen molar-refractivity contribution in [3.63, 3.8) is 0 Å². The molecule has 2 saturated carbocycles. The van der Waals surface area contributed by atoms with Gasteiger partial charge in [0.15, 0.2) is 5.96 Å². The molecular weight excluding hydrogens is 507 g/mol. The minimum Gasteiger partial charge on any atom is -0.487 e. The van der Waals surface area contributed by atoms with Crippen molar-refractivity contribution >= 4 is 36.0 Å². The summed E-state index contributed by atoms with van der Waals surface area (Å²) in [4.78, 5) is 16.3. The molecule has 1 heterocycles. The van der Waals surface area contributed by atoms with Gasteiger partial charge in [-0.05, 0) is 57.4 Å². The summed E-state index contributed by atoms with van der Waals surface area (Å²) in [7, 11) is 1.79. The summed E-state index contributed by atoms with van der Waals surface area (Å²) < 4.78 is 11.5. The van der Waals surface area contributed by atoms with Gasteiger partial charge in [-0.1, -0.05) is 18.2 Å². The molecule has 2 atom stereocenters. The Balaban J connectivity index is 0.00000272. The van der Waals surface area contributed by atoms with E-state index in [2.05, 4.69) is 39.1 Å². The van der Waals surface area contributed by atoms with Crippen molar-refractivity contribution in [3.05, 3.63) is 29.8 Å². The number of hydrogen-bond donors (Lipinski definition) is 3. The van der Waals surface area contributed by atoms with E-state index in [1.165, 1.54) is 18.4 Å². The molecule has 0 saturated heterocycles. The summed E-state index contributed by atoms with van der Waals surface area (Å²) >= 11 is 0. The fraction of sp³-hybridized carbons (Fsp3) is 0.652. The number of para-hydroxylation sites is 1. The number of halogens is 1. The molecule has 0 bridgehead atoms. The van der Waals surface area contributed by atoms with Crippen LogP contribution in [-0.2, 0) is 4.74 Å². The number of alkyl carbamates (subject to hydrolysis) is 1. The predicted molar refractivity (Wildman–Crippen MR) is 132 cm³/mol. The van der Waals surface area contributed by atoms with Gasteiger partial charge in [0.2, 0.25) is 0 Å². The molecule has 1 aromatic carbocycles. The lowest BCUT2D eigenvalue weighted by molar-refractivity contribution is 0.0396. The van der Waals surface area contributed by atoms with E-state index in [0.717, 1.165) is 43.8 Å². The minimum atomic E-state index is -0.347. The van der Waals surface area contributed by atoms with Crippen LogP contribution in [0, 0.1) is 5.92 Å². The van der Waals surface area contributed by atoms with Gasteiger partial charge in [-0.3, -0.25) is 4.99 Å². The first kappa shape index (κ1) is 23.9. The van der Waals surface area contributed by atoms with Crippen LogP contribution in [0.1, 0.15) is 63.5 Å². The first-order valence-corrected chi connectivity index (χ1v) is 11.3. The number of rotatable bonds is 6. The van der Waals surface area contributed by atoms with Crippen LogP contribution >= 0.6 is 24.0 Å². The van der Waals surface area contributed by atoms with Crippen molar-refractivity contribution in [1.29, 1.82) is 0 Å². The number of guanidine groups is 1. The number of benzene rings is 1. The summed E-state index contributed by atoms with van der Waals surface area (Å²) in [6, 6.07) is 8.51. The second-order valence-electron chi connectivity index (χ2n) is 8.69. The maximum absolute atomic E-state index is 11.9. The Bertz CT molecular complexity index is 778. The van der Waals surface area contributed by atoms with Crippen molar-refractivity contribution in [2.45, 2.75) is 69.6 Å². The van der Waals surface area contributed by atoms with Gasteiger partial charge in [-0.2, -0.15) is 0 Å². The highest BCUT2D eigenvalue weighted by molar-refractivity contribution is 14.0. The third-order valence-corrected chi connectivity index (χ3v) is 6.51. The molecular formula is C23H35IN4O3. The number of carbonyl (C=O) groups is 1. The van der Waals surface area contributed by atoms with Crippen LogP contribution in [0.3, 0.4) is 0 Å². The van der Waals surface area contributed by atoms with E-state index in [0.29, 0.717) is 19.1 Å². The lowest BCUT2D eigenvalue weighted by Crippen LogP contribution is -2.50. The summed E-state index contributed by atoms with van der Waals surface area (Å²) in [5.41, 5.74) is 1.12. The van der Waals surface area contributed by atoms with E-state index >= 15 is 0 Å². The standard InChI is InChI=1S/C23H34N4O3.HI/c1-3-29-22(28)27-19(16-10-11-16)15-25-21(24-2)26-18-14-23(12-6-7-13-23)30-20-9-5-4-8-17(18)20;/h4-5,8-9,16,18-19H,3,6-7,10-15H2,1-2H3,(H,27,28)(H2,24,25,26);1H. The molecule has 0 radical (unpaired) electrons. The van der Waals surface area contributed by atoms with E-state index in [1.807, 2.05) is 13.0 Å². The average molecular weight is 542 g/mol. The largest absolute Gasteiger partial charge is 0.487 e. The SMILES string of the molecule is CCOC(=O)NC(CNC(=NC)NC1CC2(CCCC2)Oc2ccccc21)C1CC1.I. The molecule has 2 aliphatic carbocycles. The van der Waals surface area contributed by atoms with E-state index in [-0.39, 0.29) is 47.8 Å². The molecule has 0 aromatic heterocycles. The van der Waals surface area contributed by atoms with Crippen LogP contribution in [0.25, 0.3) is 0 Å². The van der Waals surface area contributed by atoms with Gasteiger partial charge in [-0.15, -0.1) is 24.0 Å². The second kappa shape index (κ2) is 10.7. The van der Waals surface area contributed by atoms with Crippen LogP contribution in [0.5, 0.6) is 5.75 Å². The van der Waals surface area contributed by atoms with Crippen molar-refractivity contribution in [3.8, 4) is 5.75 Å². The molecule has 1 amide bonds. The Labute approximate surface area is 202 Å². The van der Waals surface area contributed by atoms with Gasteiger partial charge in [0.1, 0.15) is 11.4 Å². The zero-order valence-electron chi connectivity index (χ0n) is 18.5. The lowest BCUT2D eigenvalue weighted by atomic mass is 9.86. The highest BCUT2D eigenvalue weighted by Gasteiger charge is 2.43. The Morgan fingerprint density at radius 1 is 1.29 bits per heavy atom. The first-order chi connectivity index (χ1) is 14.6. The second-order valence-corrected chi connectivity index (χ2v) is 8.69. The van der Waals surface area contributed by atoms with Crippen molar-refractivity contribution in [2.75, 3.05) is 20.2 Å². The number of hydrogen-bond acceptors (Lipinski definition) is 4. The zero-order chi connectivity index (χ0) is 21.0. The van der Waals surface area contributed by atoms with E-state index in [1.54, 1.807) is 7.05 Å². The number of ether oxygens (including phenoxy) is 2. The fourth-order valence-electron chi connectivity index (χ4n) is 4.80. The van der Waals surface area contributed by atoms with E-state index in [9.17, 15) is 4.79 Å². The van der Waals surface area contributed by atoms with Crippen molar-refractivity contribution < 1.29 is 14.3 Å². The predicted octanol–water partition coefficient (Wildman–Crippen LogP) is 4.13. The molecule has 172 valence electrons. The molecule has 7 nitrogen and oxygen atoms in total. The summed E-state index contributed by atoms with van der Waals surface area (Å²) in [5, 5.41) is 10.0. The number of carbonyl (C=O) groups excluding carboxylic acids is 1. The van der Waals surface area contributed by atoms with Crippen LogP contribution in [0.15, 0.2) is 29.3 Å². The highest BCUT2D eigenvalue weighted by atomic mass is 127. The number of amides is 1. The zero-order valence-corrected chi connectivity index (χ0v) is 20.8. The van der Waals surface area contributed by atoms with Crippen molar-refractivity contribution in [2.24, 2.45) is 10.9 Å². The first-order valence-electron chi connectivity index (χ1n) is 11.3. The molecule has 3 aliphatic rings. The van der Waals surface area contributed by atoms with Gasteiger partial charge in [0.05, 0.1) is 18.7 Å². The summed E-state index contributed by atoms with van der Waals surface area (Å²) in [6.07, 6.45) is 7.55. The minimum absolute atomic E-state index is 0. The third-order valence-electron chi connectivity index (χ3n) is 6.51. The normalized spacial score (nSPS) is 22.5. The number of nitrogens with zero attached hydrogens (tertiary/aromatic N) is 1. The molecule has 8 heteroatoms. The van der Waals surface area contributed by atoms with Crippen molar-refractivity contribution in [1.82, 2.24) is 16.0 Å². The van der Waals surface area contributed by atoms with E-state index < -0.39 is 0 Å². The highest BCUT2D eigenvalue weighted by Crippen LogP contribution is 2.46. The van der Waals surface area contributed by atoms with Crippen LogP contribution in [0.4, 0.5) is 4.79 Å². The molecule has 2 unspecified atom stereocenters. The Kier molecular flexibility index (Phi) is 8.30. The smallest absolute Gasteiger partial charge is 0.407 e. The molecule has 31 heavy (non-hydrogen) atoms. The lowest BCUT2D eigenvalue weighted by Gasteiger charge is -2.40. The molecule has 1 aliphatic heterocycles. The maximum atomic E-state index is 11.9. The number of aliphatic imine (C=N–C) groups is 1. The van der Waals surface area contributed by atoms with Gasteiger partial charge < -0.3 is 25.4 Å². The molecule has 4 rings (SSSR count). The Morgan fingerprint density at radius 2 is 2.03 bits per heavy atom. The van der Waals surface area contributed by atoms with Gasteiger partial charge in [0.25, 0.3) is 0 Å². The van der Waals surface area contributed by atoms with Gasteiger partial charge in [-0.25, -0.2) is 4.79 Å². The Morgan fingerprint density at radius 3 is 2.71 bits per heavy atom. The van der Waals surface area contributed by atoms with Crippen LogP contribution in [0.2, 0.25) is 0 Å². The molecule has 1 spiro atoms. The number of nitrogens with one attached hydrogen (secondary N) is 3. The number of fused-ring (bicyclic) bond motifs is 1. The Hall–Kier alpha value is -1.71. The third kappa shape index (κ3) is 5.96. The molecule has 2 fully saturated rings. The average Bonchev–Trinajstić information content (AvgIpc) is 3.50. The molecule has 1 aromatic rings. The summed E-state index contributed by atoms with van der Waals surface area (Å²) in [5.74, 6) is 2.24. The fourth-order valence-corrected chi connectivity index (χ4v) is 4.80. The van der Waals surface area contributed by atoms with Crippen LogP contribution < -0.4 is 20.7 Å². The van der Waals surface area contributed by atoms with Crippen LogP contribution in [-0.4, -0.2) is 43.9 Å². The quantitative estimate of drug-likeness (QED) is 0.286. The molecule has 3 N–H and O–H groups in total. The maximum Gasteiger partial charge on any atom is 0.407 e. The van der Waals surface area contributed by atoms with Gasteiger partial charge in [0, 0.05) is 25.6 Å².